The smallest absolute Gasteiger partial charge is 0.243 e. The Bertz CT molecular complexity index is 2000. The van der Waals surface area contributed by atoms with Gasteiger partial charge in [0.2, 0.25) is 47.3 Å². The second-order valence-electron chi connectivity index (χ2n) is 15.4. The molecule has 0 spiro atoms. The number of allylic oxidation sites excluding steroid dienone is 2. The van der Waals surface area contributed by atoms with E-state index in [-0.39, 0.29) is 71.7 Å². The van der Waals surface area contributed by atoms with Crippen molar-refractivity contribution in [2.75, 3.05) is 40.5 Å². The number of benzene rings is 2. The zero-order valence-electron chi connectivity index (χ0n) is 35.2. The van der Waals surface area contributed by atoms with E-state index in [1.165, 1.54) is 11.1 Å². The van der Waals surface area contributed by atoms with Gasteiger partial charge in [0.1, 0.15) is 18.1 Å². The molecule has 0 aromatic heterocycles. The molecule has 63 heavy (non-hydrogen) atoms. The zero-order valence-corrected chi connectivity index (χ0v) is 40.0. The Morgan fingerprint density at radius 3 is 1.56 bits per heavy atom. The van der Waals surface area contributed by atoms with Crippen molar-refractivity contribution in [3.63, 3.8) is 0 Å². The number of para-hydroxylation sites is 1. The van der Waals surface area contributed by atoms with E-state index in [0.717, 1.165) is 28.8 Å². The molecular formula is C44H57Br3N8O8. The van der Waals surface area contributed by atoms with Crippen molar-refractivity contribution in [2.45, 2.75) is 102 Å². The van der Waals surface area contributed by atoms with Crippen LogP contribution in [0, 0.1) is 0 Å². The molecule has 1 aliphatic heterocycles. The van der Waals surface area contributed by atoms with Crippen molar-refractivity contribution < 1.29 is 38.4 Å². The third-order valence-electron chi connectivity index (χ3n) is 10.7. The minimum absolute atomic E-state index is 0.130. The van der Waals surface area contributed by atoms with E-state index >= 15 is 0 Å². The van der Waals surface area contributed by atoms with E-state index in [9.17, 15) is 38.4 Å². The van der Waals surface area contributed by atoms with Crippen molar-refractivity contribution in [3.05, 3.63) is 65.2 Å². The van der Waals surface area contributed by atoms with Gasteiger partial charge in [-0.3, -0.25) is 38.4 Å². The van der Waals surface area contributed by atoms with Gasteiger partial charge in [0.25, 0.3) is 0 Å². The number of rotatable bonds is 27. The van der Waals surface area contributed by atoms with Crippen LogP contribution in [0.5, 0.6) is 0 Å². The highest BCUT2D eigenvalue weighted by Crippen LogP contribution is 2.52. The summed E-state index contributed by atoms with van der Waals surface area (Å²) in [7, 11) is 0. The lowest BCUT2D eigenvalue weighted by Gasteiger charge is -2.27. The lowest BCUT2D eigenvalue weighted by molar-refractivity contribution is -0.133. The van der Waals surface area contributed by atoms with Gasteiger partial charge in [0, 0.05) is 38.0 Å². The molecule has 8 amide bonds. The number of anilines is 1. The monoisotopic (exact) mass is 1060 g/mol. The minimum Gasteiger partial charge on any atom is -0.368 e. The highest BCUT2D eigenvalue weighted by molar-refractivity contribution is 9.09. The first kappa shape index (κ1) is 51.0. The normalized spacial score (nSPS) is 13.9. The number of hydrogen-bond donors (Lipinski definition) is 7. The van der Waals surface area contributed by atoms with Crippen molar-refractivity contribution in [1.82, 2.24) is 31.9 Å². The number of carbonyl (C=O) groups is 8. The third-order valence-corrected chi connectivity index (χ3v) is 12.2. The number of unbranched alkanes of at least 4 members (excludes halogenated alkanes) is 3. The number of carbonyl (C=O) groups excluding carboxylic acids is 8. The number of halogens is 3. The van der Waals surface area contributed by atoms with Crippen molar-refractivity contribution >= 4 is 112 Å². The second kappa shape index (κ2) is 26.9. The SMILES string of the molecule is NC(=O)[C@H](CCCCNC(=O)CBr)NC(=O)[C@H](CCCCNC(=O)CBr)NC(=O)[C@H](CCCCNC(=O)CBr)NC(=O)CCC(=O)N1Cc2ccccc2C2=C(C2)c2ccccc21. The molecule has 0 saturated heterocycles. The van der Waals surface area contributed by atoms with Crippen LogP contribution in [0.1, 0.15) is 93.7 Å². The third kappa shape index (κ3) is 16.8. The van der Waals surface area contributed by atoms with Crippen molar-refractivity contribution in [3.8, 4) is 0 Å². The van der Waals surface area contributed by atoms with Crippen molar-refractivity contribution in [2.24, 2.45) is 5.73 Å². The van der Waals surface area contributed by atoms with E-state index in [0.29, 0.717) is 64.7 Å². The summed E-state index contributed by atoms with van der Waals surface area (Å²) in [6.07, 6.45) is 3.80. The number of hydrogen-bond acceptors (Lipinski definition) is 8. The standard InChI is InChI=1S/C44H57Br3N8O8/c45-24-38(57)49-20-8-5-14-33(42(48)61)53-44(63)35(16-7-10-22-51-40(59)26-47)54-43(62)34(15-6-9-21-50-39(58)25-46)52-37(56)18-19-41(60)55-27-28-11-1-2-12-29(28)31-23-32(31)30-13-3-4-17-36(30)55/h1-4,11-13,17,33-35H,5-10,14-16,18-27H2,(H2,48,61)(H,49,57)(H,50,58)(H,51,59)(H,52,56)(H,53,63)(H,54,62)/t33-,34-,35-/m0/s1. The summed E-state index contributed by atoms with van der Waals surface area (Å²) >= 11 is 9.30. The Morgan fingerprint density at radius 1 is 0.556 bits per heavy atom. The van der Waals surface area contributed by atoms with Crippen molar-refractivity contribution in [1.29, 1.82) is 0 Å². The fourth-order valence-electron chi connectivity index (χ4n) is 7.28. The molecule has 2 aromatic rings. The molecule has 0 fully saturated rings. The van der Waals surface area contributed by atoms with Crippen LogP contribution >= 0.6 is 47.8 Å². The number of primary amides is 1. The molecule has 0 unspecified atom stereocenters. The predicted molar refractivity (Wildman–Crippen MR) is 252 cm³/mol. The summed E-state index contributed by atoms with van der Waals surface area (Å²) < 4.78 is 0. The number of alkyl halides is 3. The quantitative estimate of drug-likeness (QED) is 0.0515. The molecule has 16 nitrogen and oxygen atoms in total. The van der Waals surface area contributed by atoms with Crippen LogP contribution in [-0.2, 0) is 44.9 Å². The minimum atomic E-state index is -1.14. The summed E-state index contributed by atoms with van der Waals surface area (Å²) in [5.41, 5.74) is 12.0. The van der Waals surface area contributed by atoms with E-state index < -0.39 is 41.8 Å². The molecule has 1 heterocycles. The van der Waals surface area contributed by atoms with E-state index in [1.807, 2.05) is 42.5 Å². The highest BCUT2D eigenvalue weighted by atomic mass is 79.9. The first-order valence-electron chi connectivity index (χ1n) is 21.2. The van der Waals surface area contributed by atoms with Crippen LogP contribution in [-0.4, -0.2) is 101 Å². The Labute approximate surface area is 393 Å². The lowest BCUT2D eigenvalue weighted by Crippen LogP contribution is -2.56. The molecule has 0 saturated carbocycles. The molecular weight excluding hydrogens is 1010 g/mol. The molecule has 2 aliphatic rings. The van der Waals surface area contributed by atoms with Crippen LogP contribution in [0.15, 0.2) is 48.5 Å². The number of nitrogens with two attached hydrogens (primary N) is 1. The molecule has 8 N–H and O–H groups in total. The average molecular weight is 1070 g/mol. The molecule has 2 aromatic carbocycles. The Hall–Kier alpha value is -4.62. The van der Waals surface area contributed by atoms with Gasteiger partial charge in [-0.25, -0.2) is 0 Å². The van der Waals surface area contributed by atoms with Crippen LogP contribution in [0.3, 0.4) is 0 Å². The van der Waals surface area contributed by atoms with Gasteiger partial charge >= 0.3 is 0 Å². The molecule has 1 aliphatic carbocycles. The molecule has 0 radical (unpaired) electrons. The molecule has 19 heteroatoms. The fourth-order valence-corrected chi connectivity index (χ4v) is 7.87. The Kier molecular flexibility index (Phi) is 21.8. The van der Waals surface area contributed by atoms with Gasteiger partial charge in [0.15, 0.2) is 0 Å². The van der Waals surface area contributed by atoms with Gasteiger partial charge in [-0.15, -0.1) is 0 Å². The van der Waals surface area contributed by atoms with Gasteiger partial charge in [-0.1, -0.05) is 90.3 Å². The number of fused-ring (bicyclic) bond motifs is 4. The molecule has 342 valence electrons. The maximum absolute atomic E-state index is 14.1. The van der Waals surface area contributed by atoms with Crippen LogP contribution in [0.4, 0.5) is 5.69 Å². The Balaban J connectivity index is 1.45. The molecule has 0 bridgehead atoms. The van der Waals surface area contributed by atoms with E-state index in [1.54, 1.807) is 4.90 Å². The number of nitrogens with zero attached hydrogens (tertiary/aromatic N) is 1. The summed E-state index contributed by atoms with van der Waals surface area (Å²) in [5.74, 6) is -3.42. The van der Waals surface area contributed by atoms with E-state index in [2.05, 4.69) is 85.8 Å². The fraction of sp³-hybridized carbons (Fsp3) is 0.500. The second-order valence-corrected chi connectivity index (χ2v) is 17.1. The Morgan fingerprint density at radius 2 is 1.02 bits per heavy atom. The van der Waals surface area contributed by atoms with Gasteiger partial charge in [0.05, 0.1) is 28.2 Å². The van der Waals surface area contributed by atoms with Crippen LogP contribution in [0.25, 0.3) is 11.1 Å². The first-order valence-corrected chi connectivity index (χ1v) is 24.6. The van der Waals surface area contributed by atoms with Crippen LogP contribution < -0.4 is 42.5 Å². The number of nitrogens with one attached hydrogen (secondary N) is 6. The van der Waals surface area contributed by atoms with Crippen LogP contribution in [0.2, 0.25) is 0 Å². The lowest BCUT2D eigenvalue weighted by atomic mass is 10.0. The van der Waals surface area contributed by atoms with E-state index in [4.69, 9.17) is 5.73 Å². The topological polar surface area (TPSA) is 238 Å². The summed E-state index contributed by atoms with van der Waals surface area (Å²) in [5, 5.41) is 16.9. The highest BCUT2D eigenvalue weighted by Gasteiger charge is 2.34. The summed E-state index contributed by atoms with van der Waals surface area (Å²) in [6, 6.07) is 12.5. The average Bonchev–Trinajstić information content (AvgIpc) is 4.07. The summed E-state index contributed by atoms with van der Waals surface area (Å²) in [4.78, 5) is 105. The summed E-state index contributed by atoms with van der Waals surface area (Å²) in [6.45, 7) is 1.38. The number of amides is 8. The van der Waals surface area contributed by atoms with Gasteiger partial charge in [-0.2, -0.15) is 0 Å². The van der Waals surface area contributed by atoms with Gasteiger partial charge < -0.3 is 42.5 Å². The predicted octanol–water partition coefficient (Wildman–Crippen LogP) is 3.61. The largest absolute Gasteiger partial charge is 0.368 e. The maximum atomic E-state index is 14.1. The molecule has 4 rings (SSSR count). The maximum Gasteiger partial charge on any atom is 0.243 e. The first-order chi connectivity index (χ1) is 30.4. The molecule has 3 atom stereocenters. The van der Waals surface area contributed by atoms with Gasteiger partial charge in [-0.05, 0) is 92.5 Å². The zero-order chi connectivity index (χ0) is 45.7.